The predicted molar refractivity (Wildman–Crippen MR) is 91.7 cm³/mol. The van der Waals surface area contributed by atoms with Gasteiger partial charge in [0, 0.05) is 0 Å². The van der Waals surface area contributed by atoms with E-state index in [9.17, 15) is 14.4 Å². The molecule has 1 aliphatic heterocycles. The molecule has 1 aliphatic rings. The van der Waals surface area contributed by atoms with Crippen LogP contribution in [0, 0.1) is 5.41 Å². The van der Waals surface area contributed by atoms with E-state index in [4.69, 9.17) is 9.47 Å². The largest absolute Gasteiger partial charge is 0.467 e. The smallest absolute Gasteiger partial charge is 0.411 e. The molecule has 1 fully saturated rings. The van der Waals surface area contributed by atoms with E-state index in [2.05, 4.69) is 6.58 Å². The molecule has 1 aromatic carbocycles. The van der Waals surface area contributed by atoms with Gasteiger partial charge in [-0.25, -0.2) is 9.59 Å². The third kappa shape index (κ3) is 3.43. The molecule has 6 heteroatoms. The molecule has 1 amide bonds. The van der Waals surface area contributed by atoms with Crippen molar-refractivity contribution in [1.82, 2.24) is 4.90 Å². The number of hydrogen-bond acceptors (Lipinski definition) is 5. The SMILES string of the molecule is C=CCC1(C)C(=O)C(C)N(C(=O)OCc2ccccc2)C1C(=O)OC. The van der Waals surface area contributed by atoms with Crippen molar-refractivity contribution in [2.24, 2.45) is 5.41 Å². The Morgan fingerprint density at radius 1 is 1.32 bits per heavy atom. The number of rotatable bonds is 5. The van der Waals surface area contributed by atoms with Crippen molar-refractivity contribution in [2.75, 3.05) is 7.11 Å². The summed E-state index contributed by atoms with van der Waals surface area (Å²) in [6, 6.07) is 7.36. The molecule has 1 saturated heterocycles. The Labute approximate surface area is 147 Å². The maximum Gasteiger partial charge on any atom is 0.411 e. The highest BCUT2D eigenvalue weighted by molar-refractivity contribution is 6.02. The van der Waals surface area contributed by atoms with Gasteiger partial charge in [0.1, 0.15) is 12.6 Å². The number of carbonyl (C=O) groups excluding carboxylic acids is 3. The molecule has 0 spiro atoms. The van der Waals surface area contributed by atoms with Crippen LogP contribution in [0.15, 0.2) is 43.0 Å². The van der Waals surface area contributed by atoms with Gasteiger partial charge in [-0.1, -0.05) is 36.4 Å². The van der Waals surface area contributed by atoms with Crippen molar-refractivity contribution in [3.8, 4) is 0 Å². The monoisotopic (exact) mass is 345 g/mol. The number of Topliss-reactive ketones (excluding diaryl/α,β-unsaturated/α-hetero) is 1. The van der Waals surface area contributed by atoms with Crippen LogP contribution in [-0.4, -0.2) is 41.9 Å². The van der Waals surface area contributed by atoms with Crippen LogP contribution < -0.4 is 0 Å². The zero-order valence-electron chi connectivity index (χ0n) is 14.7. The zero-order chi connectivity index (χ0) is 18.6. The lowest BCUT2D eigenvalue weighted by atomic mass is 9.77. The number of ether oxygens (including phenoxy) is 2. The maximum absolute atomic E-state index is 12.7. The van der Waals surface area contributed by atoms with E-state index < -0.39 is 29.6 Å². The van der Waals surface area contributed by atoms with Gasteiger partial charge in [-0.3, -0.25) is 9.69 Å². The average molecular weight is 345 g/mol. The molecular formula is C19H23NO5. The normalized spacial score (nSPS) is 25.6. The van der Waals surface area contributed by atoms with Gasteiger partial charge in [-0.2, -0.15) is 0 Å². The molecular weight excluding hydrogens is 322 g/mol. The minimum atomic E-state index is -1.08. The van der Waals surface area contributed by atoms with E-state index in [1.165, 1.54) is 12.0 Å². The topological polar surface area (TPSA) is 72.9 Å². The number of likely N-dealkylation sites (tertiary alicyclic amines) is 1. The molecule has 1 aromatic rings. The molecule has 0 aromatic heterocycles. The van der Waals surface area contributed by atoms with Crippen molar-refractivity contribution in [3.05, 3.63) is 48.6 Å². The minimum absolute atomic E-state index is 0.0587. The van der Waals surface area contributed by atoms with Crippen LogP contribution in [0.3, 0.4) is 0 Å². The van der Waals surface area contributed by atoms with Gasteiger partial charge in [0.2, 0.25) is 0 Å². The Hall–Kier alpha value is -2.63. The van der Waals surface area contributed by atoms with Crippen LogP contribution in [0.5, 0.6) is 0 Å². The fourth-order valence-electron chi connectivity index (χ4n) is 3.32. The summed E-state index contributed by atoms with van der Waals surface area (Å²) in [7, 11) is 1.23. The second-order valence-electron chi connectivity index (χ2n) is 6.32. The number of carbonyl (C=O) groups is 3. The maximum atomic E-state index is 12.7. The minimum Gasteiger partial charge on any atom is -0.467 e. The Morgan fingerprint density at radius 3 is 2.52 bits per heavy atom. The van der Waals surface area contributed by atoms with Gasteiger partial charge in [0.05, 0.1) is 18.6 Å². The third-order valence-electron chi connectivity index (χ3n) is 4.65. The Kier molecular flexibility index (Phi) is 5.62. The van der Waals surface area contributed by atoms with Crippen LogP contribution in [0.1, 0.15) is 25.8 Å². The first-order chi connectivity index (χ1) is 11.9. The highest BCUT2D eigenvalue weighted by atomic mass is 16.6. The number of hydrogen-bond donors (Lipinski definition) is 0. The first-order valence-electron chi connectivity index (χ1n) is 8.09. The number of benzene rings is 1. The predicted octanol–water partition coefficient (Wildman–Crippen LogP) is 2.72. The second kappa shape index (κ2) is 7.51. The first kappa shape index (κ1) is 18.7. The second-order valence-corrected chi connectivity index (χ2v) is 6.32. The fraction of sp³-hybridized carbons (Fsp3) is 0.421. The Morgan fingerprint density at radius 2 is 1.96 bits per heavy atom. The van der Waals surface area contributed by atoms with Gasteiger partial charge in [-0.15, -0.1) is 6.58 Å². The molecule has 134 valence electrons. The number of ketones is 1. The molecule has 0 radical (unpaired) electrons. The molecule has 2 rings (SSSR count). The van der Waals surface area contributed by atoms with Crippen LogP contribution in [0.25, 0.3) is 0 Å². The third-order valence-corrected chi connectivity index (χ3v) is 4.65. The Balaban J connectivity index is 2.26. The molecule has 0 saturated carbocycles. The molecule has 1 heterocycles. The standard InChI is InChI=1S/C19H23NO5/c1-5-11-19(3)15(17(22)24-4)20(13(2)16(19)21)18(23)25-12-14-9-7-6-8-10-14/h5-10,13,15H,1,11-12H2,2-4H3. The summed E-state index contributed by atoms with van der Waals surface area (Å²) in [5.74, 6) is -0.849. The fourth-order valence-corrected chi connectivity index (χ4v) is 3.32. The number of nitrogens with zero attached hydrogens (tertiary/aromatic N) is 1. The van der Waals surface area contributed by atoms with Gasteiger partial charge in [-0.05, 0) is 25.8 Å². The molecule has 3 atom stereocenters. The summed E-state index contributed by atoms with van der Waals surface area (Å²) in [5.41, 5.74) is -0.266. The lowest BCUT2D eigenvalue weighted by molar-refractivity contribution is -0.150. The van der Waals surface area contributed by atoms with Gasteiger partial charge >= 0.3 is 12.1 Å². The lowest BCUT2D eigenvalue weighted by Crippen LogP contribution is -2.49. The van der Waals surface area contributed by atoms with Crippen LogP contribution in [-0.2, 0) is 25.7 Å². The molecule has 6 nitrogen and oxygen atoms in total. The summed E-state index contributed by atoms with van der Waals surface area (Å²) < 4.78 is 10.2. The van der Waals surface area contributed by atoms with E-state index >= 15 is 0 Å². The molecule has 3 unspecified atom stereocenters. The van der Waals surface area contributed by atoms with Crippen molar-refractivity contribution >= 4 is 17.8 Å². The number of allylic oxidation sites excluding steroid dienone is 1. The van der Waals surface area contributed by atoms with E-state index in [0.717, 1.165) is 5.56 Å². The van der Waals surface area contributed by atoms with Crippen molar-refractivity contribution in [1.29, 1.82) is 0 Å². The summed E-state index contributed by atoms with van der Waals surface area (Å²) in [4.78, 5) is 38.9. The zero-order valence-corrected chi connectivity index (χ0v) is 14.7. The number of amides is 1. The van der Waals surface area contributed by atoms with Crippen molar-refractivity contribution in [2.45, 2.75) is 39.0 Å². The van der Waals surface area contributed by atoms with E-state index in [1.54, 1.807) is 19.9 Å². The summed E-state index contributed by atoms with van der Waals surface area (Å²) in [5, 5.41) is 0. The first-order valence-corrected chi connectivity index (χ1v) is 8.09. The summed E-state index contributed by atoms with van der Waals surface area (Å²) in [6.07, 6.45) is 1.12. The van der Waals surface area contributed by atoms with Crippen LogP contribution >= 0.6 is 0 Å². The number of methoxy groups -OCH3 is 1. The van der Waals surface area contributed by atoms with Gasteiger partial charge in [0.15, 0.2) is 5.78 Å². The molecule has 0 N–H and O–H groups in total. The van der Waals surface area contributed by atoms with E-state index in [0.29, 0.717) is 0 Å². The lowest BCUT2D eigenvalue weighted by Gasteiger charge is -2.30. The highest BCUT2D eigenvalue weighted by Crippen LogP contribution is 2.41. The molecule has 25 heavy (non-hydrogen) atoms. The van der Waals surface area contributed by atoms with Crippen LogP contribution in [0.2, 0.25) is 0 Å². The van der Waals surface area contributed by atoms with Gasteiger partial charge in [0.25, 0.3) is 0 Å². The Bertz CT molecular complexity index is 672. The number of esters is 1. The van der Waals surface area contributed by atoms with Crippen molar-refractivity contribution < 1.29 is 23.9 Å². The van der Waals surface area contributed by atoms with E-state index in [-0.39, 0.29) is 18.8 Å². The average Bonchev–Trinajstić information content (AvgIpc) is 2.81. The highest BCUT2D eigenvalue weighted by Gasteiger charge is 2.60. The molecule has 0 aliphatic carbocycles. The molecule has 0 bridgehead atoms. The van der Waals surface area contributed by atoms with Crippen molar-refractivity contribution in [3.63, 3.8) is 0 Å². The van der Waals surface area contributed by atoms with Gasteiger partial charge < -0.3 is 9.47 Å². The summed E-state index contributed by atoms with van der Waals surface area (Å²) >= 11 is 0. The van der Waals surface area contributed by atoms with E-state index in [1.807, 2.05) is 30.3 Å². The quantitative estimate of drug-likeness (QED) is 0.606. The van der Waals surface area contributed by atoms with Crippen LogP contribution in [0.4, 0.5) is 4.79 Å². The summed E-state index contributed by atoms with van der Waals surface area (Å²) in [6.45, 7) is 6.96.